The number of rotatable bonds is 6. The topological polar surface area (TPSA) is 38.8 Å². The summed E-state index contributed by atoms with van der Waals surface area (Å²) in [6, 6.07) is 7.62. The van der Waals surface area contributed by atoms with Gasteiger partial charge in [-0.25, -0.2) is 0 Å². The zero-order chi connectivity index (χ0) is 16.1. The highest BCUT2D eigenvalue weighted by atomic mass is 127. The van der Waals surface area contributed by atoms with Crippen LogP contribution in [0.4, 0.5) is 0 Å². The molecule has 0 fully saturated rings. The first-order chi connectivity index (χ1) is 10.6. The molecule has 1 amide bonds. The lowest BCUT2D eigenvalue weighted by Gasteiger charge is -2.21. The molecule has 0 aliphatic rings. The zero-order valence-electron chi connectivity index (χ0n) is 12.8. The summed E-state index contributed by atoms with van der Waals surface area (Å²) in [5.41, 5.74) is 0.636. The van der Waals surface area contributed by atoms with Gasteiger partial charge >= 0.3 is 0 Å². The van der Waals surface area contributed by atoms with Crippen LogP contribution in [0.3, 0.4) is 0 Å². The maximum Gasteiger partial charge on any atom is 0.255 e. The van der Waals surface area contributed by atoms with Crippen molar-refractivity contribution < 1.29 is 14.3 Å². The average Bonchev–Trinajstić information content (AvgIpc) is 3.04. The maximum absolute atomic E-state index is 12.8. The number of benzene rings is 1. The molecule has 118 valence electrons. The maximum atomic E-state index is 12.8. The van der Waals surface area contributed by atoms with Gasteiger partial charge in [0.2, 0.25) is 0 Å². The van der Waals surface area contributed by atoms with Gasteiger partial charge in [-0.1, -0.05) is 6.07 Å². The Labute approximate surface area is 148 Å². The predicted molar refractivity (Wildman–Crippen MR) is 97.0 cm³/mol. The van der Waals surface area contributed by atoms with Gasteiger partial charge in [-0.3, -0.25) is 4.79 Å². The smallest absolute Gasteiger partial charge is 0.255 e. The molecule has 1 heterocycles. The second-order valence-electron chi connectivity index (χ2n) is 4.59. The molecule has 2 rings (SSSR count). The number of hydrogen-bond donors (Lipinski definition) is 0. The van der Waals surface area contributed by atoms with Gasteiger partial charge in [0.1, 0.15) is 0 Å². The SMILES string of the molecule is CCN(Cc1cccs1)C(=O)c1cc(OC)c(OC)cc1I. The van der Waals surface area contributed by atoms with Crippen LogP contribution in [-0.2, 0) is 6.54 Å². The number of methoxy groups -OCH3 is 2. The van der Waals surface area contributed by atoms with Gasteiger partial charge in [-0.05, 0) is 53.1 Å². The van der Waals surface area contributed by atoms with Crippen molar-refractivity contribution in [3.63, 3.8) is 0 Å². The molecule has 0 N–H and O–H groups in total. The Morgan fingerprint density at radius 3 is 2.50 bits per heavy atom. The summed E-state index contributed by atoms with van der Waals surface area (Å²) in [5.74, 6) is 1.20. The second kappa shape index (κ2) is 7.82. The molecular formula is C16H18INO3S. The summed E-state index contributed by atoms with van der Waals surface area (Å²) >= 11 is 3.81. The molecule has 6 heteroatoms. The summed E-state index contributed by atoms with van der Waals surface area (Å²) in [6.07, 6.45) is 0. The van der Waals surface area contributed by atoms with E-state index in [2.05, 4.69) is 22.6 Å². The van der Waals surface area contributed by atoms with Gasteiger partial charge in [0, 0.05) is 15.0 Å². The summed E-state index contributed by atoms with van der Waals surface area (Å²) in [6.45, 7) is 3.26. The van der Waals surface area contributed by atoms with E-state index in [1.54, 1.807) is 31.6 Å². The number of nitrogens with zero attached hydrogens (tertiary/aromatic N) is 1. The monoisotopic (exact) mass is 431 g/mol. The minimum Gasteiger partial charge on any atom is -0.493 e. The number of hydrogen-bond acceptors (Lipinski definition) is 4. The fraction of sp³-hybridized carbons (Fsp3) is 0.312. The third-order valence-corrected chi connectivity index (χ3v) is 5.05. The standard InChI is InChI=1S/C16H18INO3S/c1-4-18(10-11-6-5-7-22-11)16(19)12-8-14(20-2)15(21-3)9-13(12)17/h5-9H,4,10H2,1-3H3. The Morgan fingerprint density at radius 1 is 1.27 bits per heavy atom. The van der Waals surface area contributed by atoms with Crippen molar-refractivity contribution in [3.8, 4) is 11.5 Å². The average molecular weight is 431 g/mol. The van der Waals surface area contributed by atoms with Crippen LogP contribution in [0.2, 0.25) is 0 Å². The molecule has 0 radical (unpaired) electrons. The molecule has 1 aromatic carbocycles. The lowest BCUT2D eigenvalue weighted by molar-refractivity contribution is 0.0752. The van der Waals surface area contributed by atoms with Gasteiger partial charge < -0.3 is 14.4 Å². The normalized spacial score (nSPS) is 10.4. The molecule has 0 aliphatic carbocycles. The highest BCUT2D eigenvalue weighted by Gasteiger charge is 2.20. The third-order valence-electron chi connectivity index (χ3n) is 3.30. The summed E-state index contributed by atoms with van der Waals surface area (Å²) in [4.78, 5) is 15.8. The van der Waals surface area contributed by atoms with Crippen molar-refractivity contribution in [1.82, 2.24) is 4.90 Å². The van der Waals surface area contributed by atoms with Crippen LogP contribution in [0.25, 0.3) is 0 Å². The first kappa shape index (κ1) is 17.1. The van der Waals surface area contributed by atoms with Crippen molar-refractivity contribution >= 4 is 39.8 Å². The molecule has 4 nitrogen and oxygen atoms in total. The van der Waals surface area contributed by atoms with Crippen LogP contribution < -0.4 is 9.47 Å². The van der Waals surface area contributed by atoms with E-state index in [-0.39, 0.29) is 5.91 Å². The number of thiophene rings is 1. The van der Waals surface area contributed by atoms with Crippen LogP contribution in [-0.4, -0.2) is 31.6 Å². The van der Waals surface area contributed by atoms with Gasteiger partial charge in [-0.2, -0.15) is 0 Å². The van der Waals surface area contributed by atoms with E-state index < -0.39 is 0 Å². The van der Waals surface area contributed by atoms with Crippen molar-refractivity contribution in [1.29, 1.82) is 0 Å². The number of carbonyl (C=O) groups is 1. The lowest BCUT2D eigenvalue weighted by atomic mass is 10.1. The van der Waals surface area contributed by atoms with Crippen LogP contribution in [0.1, 0.15) is 22.2 Å². The van der Waals surface area contributed by atoms with Crippen molar-refractivity contribution in [2.45, 2.75) is 13.5 Å². The zero-order valence-corrected chi connectivity index (χ0v) is 15.7. The van der Waals surface area contributed by atoms with E-state index in [1.165, 1.54) is 4.88 Å². The Hall–Kier alpha value is -1.28. The summed E-state index contributed by atoms with van der Waals surface area (Å²) < 4.78 is 11.4. The molecular weight excluding hydrogens is 413 g/mol. The summed E-state index contributed by atoms with van der Waals surface area (Å²) in [7, 11) is 3.16. The summed E-state index contributed by atoms with van der Waals surface area (Å²) in [5, 5.41) is 2.02. The van der Waals surface area contributed by atoms with Crippen LogP contribution >= 0.6 is 33.9 Å². The largest absolute Gasteiger partial charge is 0.493 e. The van der Waals surface area contributed by atoms with E-state index in [0.29, 0.717) is 30.2 Å². The van der Waals surface area contributed by atoms with E-state index in [1.807, 2.05) is 35.4 Å². The van der Waals surface area contributed by atoms with Gasteiger partial charge in [0.15, 0.2) is 11.5 Å². The number of amides is 1. The third kappa shape index (κ3) is 3.73. The molecule has 0 atom stereocenters. The molecule has 2 aromatic rings. The molecule has 0 bridgehead atoms. The van der Waals surface area contributed by atoms with Gasteiger partial charge in [0.05, 0.1) is 26.3 Å². The van der Waals surface area contributed by atoms with E-state index in [0.717, 1.165) is 3.57 Å². The first-order valence-corrected chi connectivity index (χ1v) is 8.79. The van der Waals surface area contributed by atoms with Crippen molar-refractivity contribution in [2.75, 3.05) is 20.8 Å². The molecule has 22 heavy (non-hydrogen) atoms. The van der Waals surface area contributed by atoms with Gasteiger partial charge in [-0.15, -0.1) is 11.3 Å². The Kier molecular flexibility index (Phi) is 6.07. The van der Waals surface area contributed by atoms with Crippen molar-refractivity contribution in [3.05, 3.63) is 43.7 Å². The fourth-order valence-corrected chi connectivity index (χ4v) is 3.49. The van der Waals surface area contributed by atoms with E-state index in [9.17, 15) is 4.79 Å². The minimum atomic E-state index is 0.00116. The minimum absolute atomic E-state index is 0.00116. The molecule has 1 aromatic heterocycles. The highest BCUT2D eigenvalue weighted by molar-refractivity contribution is 14.1. The molecule has 0 saturated heterocycles. The molecule has 0 saturated carbocycles. The Balaban J connectivity index is 2.30. The first-order valence-electron chi connectivity index (χ1n) is 6.83. The molecule has 0 spiro atoms. The number of ether oxygens (including phenoxy) is 2. The van der Waals surface area contributed by atoms with Crippen LogP contribution in [0, 0.1) is 3.57 Å². The molecule has 0 aliphatic heterocycles. The Morgan fingerprint density at radius 2 is 1.95 bits per heavy atom. The molecule has 0 unspecified atom stereocenters. The second-order valence-corrected chi connectivity index (χ2v) is 6.78. The lowest BCUT2D eigenvalue weighted by Crippen LogP contribution is -2.30. The number of halogens is 1. The van der Waals surface area contributed by atoms with Crippen molar-refractivity contribution in [2.24, 2.45) is 0 Å². The van der Waals surface area contributed by atoms with Crippen LogP contribution in [0.5, 0.6) is 11.5 Å². The van der Waals surface area contributed by atoms with E-state index in [4.69, 9.17) is 9.47 Å². The van der Waals surface area contributed by atoms with Gasteiger partial charge in [0.25, 0.3) is 5.91 Å². The van der Waals surface area contributed by atoms with E-state index >= 15 is 0 Å². The number of carbonyl (C=O) groups excluding carboxylic acids is 1. The predicted octanol–water partition coefficient (Wildman–Crippen LogP) is 4.03. The highest BCUT2D eigenvalue weighted by Crippen LogP contribution is 2.32. The van der Waals surface area contributed by atoms with Crippen LogP contribution in [0.15, 0.2) is 29.6 Å². The fourth-order valence-electron chi connectivity index (χ4n) is 2.11. The quantitative estimate of drug-likeness (QED) is 0.649. The Bertz CT molecular complexity index is 643.